The third-order valence-electron chi connectivity index (χ3n) is 4.89. The number of rotatable bonds is 9. The van der Waals surface area contributed by atoms with E-state index < -0.39 is 24.5 Å². The van der Waals surface area contributed by atoms with Crippen LogP contribution in [0.25, 0.3) is 0 Å². The SMILES string of the molecule is CCOc1cc(CC(C(=O)O)N2Cc3cccc(NC(C)=O)c3C2=O)ccc1OC(F)F. The fourth-order valence-electron chi connectivity index (χ4n) is 3.62. The summed E-state index contributed by atoms with van der Waals surface area (Å²) in [6.07, 6.45) is -0.0838. The van der Waals surface area contributed by atoms with Gasteiger partial charge >= 0.3 is 12.6 Å². The van der Waals surface area contributed by atoms with Crippen molar-refractivity contribution in [2.75, 3.05) is 11.9 Å². The highest BCUT2D eigenvalue weighted by Crippen LogP contribution is 2.33. The topological polar surface area (TPSA) is 105 Å². The highest BCUT2D eigenvalue weighted by atomic mass is 19.3. The molecular formula is C22H22F2N2O6. The second-order valence-electron chi connectivity index (χ2n) is 7.10. The quantitative estimate of drug-likeness (QED) is 0.610. The van der Waals surface area contributed by atoms with Gasteiger partial charge in [0.05, 0.1) is 17.9 Å². The second kappa shape index (κ2) is 9.63. The fourth-order valence-corrected chi connectivity index (χ4v) is 3.62. The molecule has 1 heterocycles. The van der Waals surface area contributed by atoms with Crippen molar-refractivity contribution in [1.82, 2.24) is 4.90 Å². The van der Waals surface area contributed by atoms with Crippen molar-refractivity contribution in [3.63, 3.8) is 0 Å². The molecule has 2 amide bonds. The van der Waals surface area contributed by atoms with Crippen molar-refractivity contribution in [3.8, 4) is 11.5 Å². The van der Waals surface area contributed by atoms with Crippen LogP contribution < -0.4 is 14.8 Å². The van der Waals surface area contributed by atoms with Gasteiger partial charge in [-0.15, -0.1) is 0 Å². The lowest BCUT2D eigenvalue weighted by molar-refractivity contribution is -0.142. The monoisotopic (exact) mass is 448 g/mol. The molecule has 0 radical (unpaired) electrons. The van der Waals surface area contributed by atoms with Gasteiger partial charge in [0, 0.05) is 19.9 Å². The van der Waals surface area contributed by atoms with E-state index in [2.05, 4.69) is 10.1 Å². The Hall–Kier alpha value is -3.69. The van der Waals surface area contributed by atoms with E-state index in [0.29, 0.717) is 16.8 Å². The Morgan fingerprint density at radius 3 is 2.59 bits per heavy atom. The normalized spacial score (nSPS) is 13.7. The molecule has 0 saturated heterocycles. The number of hydrogen-bond donors (Lipinski definition) is 2. The zero-order chi connectivity index (χ0) is 23.4. The maximum absolute atomic E-state index is 13.1. The largest absolute Gasteiger partial charge is 0.490 e. The molecule has 0 aliphatic carbocycles. The summed E-state index contributed by atoms with van der Waals surface area (Å²) in [6.45, 7) is 0.200. The predicted octanol–water partition coefficient (Wildman–Crippen LogP) is 3.30. The summed E-state index contributed by atoms with van der Waals surface area (Å²) in [6, 6.07) is 7.87. The number of carboxylic acid groups (broad SMARTS) is 1. The minimum atomic E-state index is -3.04. The first-order valence-corrected chi connectivity index (χ1v) is 9.85. The van der Waals surface area contributed by atoms with Crippen LogP contribution in [0.15, 0.2) is 36.4 Å². The molecular weight excluding hydrogens is 426 g/mol. The summed E-state index contributed by atoms with van der Waals surface area (Å²) < 4.78 is 35.0. The van der Waals surface area contributed by atoms with E-state index in [-0.39, 0.29) is 42.5 Å². The molecule has 10 heteroatoms. The highest BCUT2D eigenvalue weighted by Gasteiger charge is 2.38. The lowest BCUT2D eigenvalue weighted by atomic mass is 10.0. The number of nitrogens with zero attached hydrogens (tertiary/aromatic N) is 1. The van der Waals surface area contributed by atoms with E-state index in [0.717, 1.165) is 0 Å². The lowest BCUT2D eigenvalue weighted by Crippen LogP contribution is -2.43. The third kappa shape index (κ3) is 4.96. The van der Waals surface area contributed by atoms with Crippen molar-refractivity contribution in [2.24, 2.45) is 0 Å². The van der Waals surface area contributed by atoms with Crippen LogP contribution in [-0.4, -0.2) is 47.1 Å². The number of anilines is 1. The van der Waals surface area contributed by atoms with Crippen LogP contribution in [0.2, 0.25) is 0 Å². The van der Waals surface area contributed by atoms with Gasteiger partial charge in [-0.25, -0.2) is 4.79 Å². The number of nitrogens with one attached hydrogen (secondary N) is 1. The van der Waals surface area contributed by atoms with Gasteiger partial charge in [0.15, 0.2) is 11.5 Å². The summed E-state index contributed by atoms with van der Waals surface area (Å²) in [5.41, 5.74) is 1.64. The first-order chi connectivity index (χ1) is 15.2. The lowest BCUT2D eigenvalue weighted by Gasteiger charge is -2.25. The number of carbonyl (C=O) groups excluding carboxylic acids is 2. The summed E-state index contributed by atoms with van der Waals surface area (Å²) in [4.78, 5) is 37.8. The smallest absolute Gasteiger partial charge is 0.387 e. The molecule has 1 aliphatic heterocycles. The van der Waals surface area contributed by atoms with Gasteiger partial charge in [-0.3, -0.25) is 9.59 Å². The number of hydrogen-bond acceptors (Lipinski definition) is 5. The summed E-state index contributed by atoms with van der Waals surface area (Å²) >= 11 is 0. The van der Waals surface area contributed by atoms with Crippen molar-refractivity contribution in [2.45, 2.75) is 39.5 Å². The van der Waals surface area contributed by atoms with Crippen molar-refractivity contribution in [1.29, 1.82) is 0 Å². The molecule has 1 atom stereocenters. The van der Waals surface area contributed by atoms with Crippen LogP contribution in [-0.2, 0) is 22.6 Å². The second-order valence-corrected chi connectivity index (χ2v) is 7.10. The van der Waals surface area contributed by atoms with Crippen LogP contribution in [0.4, 0.5) is 14.5 Å². The zero-order valence-electron chi connectivity index (χ0n) is 17.4. The highest BCUT2D eigenvalue weighted by molar-refractivity contribution is 6.07. The molecule has 170 valence electrons. The Morgan fingerprint density at radius 2 is 1.97 bits per heavy atom. The van der Waals surface area contributed by atoms with Crippen molar-refractivity contribution < 1.29 is 37.7 Å². The van der Waals surface area contributed by atoms with Crippen molar-refractivity contribution in [3.05, 3.63) is 53.1 Å². The average Bonchev–Trinajstić information content (AvgIpc) is 3.04. The molecule has 1 unspecified atom stereocenters. The van der Waals surface area contributed by atoms with Gasteiger partial charge in [0.25, 0.3) is 5.91 Å². The summed E-state index contributed by atoms with van der Waals surface area (Å²) in [5.74, 6) is -2.20. The number of alkyl halides is 2. The number of amides is 2. The van der Waals surface area contributed by atoms with E-state index in [1.807, 2.05) is 0 Å². The van der Waals surface area contributed by atoms with Gasteiger partial charge < -0.3 is 24.8 Å². The minimum Gasteiger partial charge on any atom is -0.490 e. The molecule has 0 aromatic heterocycles. The Balaban J connectivity index is 1.88. The molecule has 0 saturated carbocycles. The molecule has 2 N–H and O–H groups in total. The van der Waals surface area contributed by atoms with E-state index in [9.17, 15) is 28.3 Å². The molecule has 2 aromatic rings. The number of aliphatic carboxylic acids is 1. The number of halogens is 2. The standard InChI is InChI=1S/C22H22F2N2O6/c1-3-31-18-10-13(7-8-17(18)32-22(23)24)9-16(21(29)30)26-11-14-5-4-6-15(25-12(2)27)19(14)20(26)28/h4-8,10,16,22H,3,9,11H2,1-2H3,(H,25,27)(H,29,30). The number of fused-ring (bicyclic) bond motifs is 1. The van der Waals surface area contributed by atoms with Crippen LogP contribution in [0.5, 0.6) is 11.5 Å². The van der Waals surface area contributed by atoms with E-state index in [4.69, 9.17) is 4.74 Å². The van der Waals surface area contributed by atoms with Gasteiger partial charge in [0.1, 0.15) is 6.04 Å². The first kappa shape index (κ1) is 23.0. The van der Waals surface area contributed by atoms with E-state index >= 15 is 0 Å². The maximum Gasteiger partial charge on any atom is 0.387 e. The maximum atomic E-state index is 13.1. The van der Waals surface area contributed by atoms with Gasteiger partial charge in [-0.05, 0) is 36.2 Å². The van der Waals surface area contributed by atoms with Crippen LogP contribution in [0.1, 0.15) is 35.3 Å². The Morgan fingerprint density at radius 1 is 1.22 bits per heavy atom. The van der Waals surface area contributed by atoms with Crippen LogP contribution >= 0.6 is 0 Å². The van der Waals surface area contributed by atoms with Gasteiger partial charge in [-0.1, -0.05) is 18.2 Å². The number of benzene rings is 2. The zero-order valence-corrected chi connectivity index (χ0v) is 17.4. The average molecular weight is 448 g/mol. The molecule has 8 nitrogen and oxygen atoms in total. The van der Waals surface area contributed by atoms with E-state index in [1.54, 1.807) is 25.1 Å². The van der Waals surface area contributed by atoms with Crippen LogP contribution in [0, 0.1) is 0 Å². The van der Waals surface area contributed by atoms with Gasteiger partial charge in [0.2, 0.25) is 5.91 Å². The molecule has 32 heavy (non-hydrogen) atoms. The number of ether oxygens (including phenoxy) is 2. The van der Waals surface area contributed by atoms with E-state index in [1.165, 1.54) is 30.0 Å². The van der Waals surface area contributed by atoms with Gasteiger partial charge in [-0.2, -0.15) is 8.78 Å². The predicted molar refractivity (Wildman–Crippen MR) is 110 cm³/mol. The first-order valence-electron chi connectivity index (χ1n) is 9.85. The molecule has 1 aliphatic rings. The minimum absolute atomic E-state index is 0.0541. The third-order valence-corrected chi connectivity index (χ3v) is 4.89. The molecule has 0 bridgehead atoms. The molecule has 0 spiro atoms. The Labute approximate surface area is 182 Å². The number of carbonyl (C=O) groups is 3. The molecule has 3 rings (SSSR count). The summed E-state index contributed by atoms with van der Waals surface area (Å²) in [7, 11) is 0. The summed E-state index contributed by atoms with van der Waals surface area (Å²) in [5, 5.41) is 12.4. The Bertz CT molecular complexity index is 1040. The molecule has 0 fully saturated rings. The van der Waals surface area contributed by atoms with Crippen molar-refractivity contribution >= 4 is 23.5 Å². The van der Waals surface area contributed by atoms with Crippen LogP contribution in [0.3, 0.4) is 0 Å². The number of carboxylic acids is 1. The fraction of sp³-hybridized carbons (Fsp3) is 0.318. The Kier molecular flexibility index (Phi) is 6.92. The molecule has 2 aromatic carbocycles.